The zero-order valence-corrected chi connectivity index (χ0v) is 28.7. The zero-order valence-electron chi connectivity index (χ0n) is 28.7. The summed E-state index contributed by atoms with van der Waals surface area (Å²) in [4.78, 5) is 10.9. The molecule has 0 aliphatic carbocycles. The summed E-state index contributed by atoms with van der Waals surface area (Å²) in [5.74, 6) is 0.583. The van der Waals surface area contributed by atoms with Gasteiger partial charge < -0.3 is 4.42 Å². The molecule has 52 heavy (non-hydrogen) atoms. The van der Waals surface area contributed by atoms with E-state index in [1.165, 1.54) is 49.2 Å². The van der Waals surface area contributed by atoms with Gasteiger partial charge in [-0.1, -0.05) is 133 Å². The van der Waals surface area contributed by atoms with E-state index in [1.54, 1.807) is 0 Å². The molecule has 0 saturated heterocycles. The van der Waals surface area contributed by atoms with Crippen LogP contribution >= 0.6 is 0 Å². The molecular weight excluding hydrogens is 635 g/mol. The third-order valence-electron chi connectivity index (χ3n) is 10.9. The van der Waals surface area contributed by atoms with E-state index in [2.05, 4.69) is 170 Å². The Morgan fingerprint density at radius 1 is 0.519 bits per heavy atom. The van der Waals surface area contributed by atoms with Crippen molar-refractivity contribution in [3.63, 3.8) is 0 Å². The molecule has 0 saturated carbocycles. The maximum Gasteiger partial charge on any atom is 0.238 e. The first-order chi connectivity index (χ1) is 25.6. The van der Waals surface area contributed by atoms with Crippen LogP contribution in [0, 0.1) is 13.8 Å². The molecule has 4 heteroatoms. The maximum atomic E-state index is 6.82. The molecule has 8 aromatic carbocycles. The third kappa shape index (κ3) is 4.03. The SMILES string of the molecule is Cc1ccccc1-c1c(C)c2c(c3ccccc13)c1ccccc1n2-c1nc(-c2ccc3ccccc3c2)c2c(n1)oc1c3ccccc3ccc12. The Hall–Kier alpha value is -6.78. The van der Waals surface area contributed by atoms with E-state index < -0.39 is 0 Å². The highest BCUT2D eigenvalue weighted by Gasteiger charge is 2.25. The van der Waals surface area contributed by atoms with E-state index in [-0.39, 0.29) is 0 Å². The largest absolute Gasteiger partial charge is 0.437 e. The van der Waals surface area contributed by atoms with Gasteiger partial charge in [0.15, 0.2) is 0 Å². The second-order valence-electron chi connectivity index (χ2n) is 13.8. The smallest absolute Gasteiger partial charge is 0.238 e. The summed E-state index contributed by atoms with van der Waals surface area (Å²) in [5.41, 5.74) is 10.3. The number of para-hydroxylation sites is 1. The van der Waals surface area contributed by atoms with E-state index in [0.29, 0.717) is 11.7 Å². The standard InChI is InChI=1S/C48H31N3O/c1-28-13-3-7-17-34(28)41-29(2)45-42(37-20-10-9-19-36(37)41)38-21-11-12-22-40(38)51(45)48-49-44(33-24-23-30-14-4-5-16-32(30)27-33)43-39-26-25-31-15-6-8-18-35(31)46(39)52-47(43)50-48/h3-27H,1-2H3. The van der Waals surface area contributed by atoms with Crippen molar-refractivity contribution in [2.24, 2.45) is 0 Å². The monoisotopic (exact) mass is 665 g/mol. The fraction of sp³-hybridized carbons (Fsp3) is 0.0417. The maximum absolute atomic E-state index is 6.82. The van der Waals surface area contributed by atoms with Crippen molar-refractivity contribution in [3.8, 4) is 28.3 Å². The highest BCUT2D eigenvalue weighted by atomic mass is 16.3. The van der Waals surface area contributed by atoms with Crippen LogP contribution in [-0.2, 0) is 0 Å². The molecule has 11 rings (SSSR count). The molecule has 0 unspecified atom stereocenters. The molecular formula is C48H31N3O. The minimum Gasteiger partial charge on any atom is -0.437 e. The van der Waals surface area contributed by atoms with E-state index in [9.17, 15) is 0 Å². The molecule has 11 aromatic rings. The Balaban J connectivity index is 1.32. The Morgan fingerprint density at radius 3 is 2.04 bits per heavy atom. The Labute approximate surface area is 299 Å². The summed E-state index contributed by atoms with van der Waals surface area (Å²) in [6, 6.07) is 53.9. The van der Waals surface area contributed by atoms with Gasteiger partial charge in [-0.05, 0) is 81.2 Å². The Kier molecular flexibility index (Phi) is 6.06. The number of aryl methyl sites for hydroxylation is 2. The van der Waals surface area contributed by atoms with Crippen LogP contribution in [0.4, 0.5) is 0 Å². The van der Waals surface area contributed by atoms with Crippen LogP contribution < -0.4 is 0 Å². The number of benzene rings is 8. The van der Waals surface area contributed by atoms with Crippen LogP contribution in [-0.4, -0.2) is 14.5 Å². The molecule has 0 fully saturated rings. The third-order valence-corrected chi connectivity index (χ3v) is 10.9. The van der Waals surface area contributed by atoms with Crippen LogP contribution in [0.1, 0.15) is 11.1 Å². The Bertz CT molecular complexity index is 3270. The van der Waals surface area contributed by atoms with E-state index in [0.717, 1.165) is 54.8 Å². The van der Waals surface area contributed by atoms with Gasteiger partial charge in [-0.25, -0.2) is 4.98 Å². The van der Waals surface area contributed by atoms with Crippen molar-refractivity contribution < 1.29 is 4.42 Å². The lowest BCUT2D eigenvalue weighted by Crippen LogP contribution is -2.04. The van der Waals surface area contributed by atoms with Crippen molar-refractivity contribution in [2.45, 2.75) is 13.8 Å². The minimum absolute atomic E-state index is 0.572. The molecule has 0 radical (unpaired) electrons. The first-order valence-electron chi connectivity index (χ1n) is 17.8. The second-order valence-corrected chi connectivity index (χ2v) is 13.8. The molecule has 4 nitrogen and oxygen atoms in total. The predicted molar refractivity (Wildman–Crippen MR) is 217 cm³/mol. The van der Waals surface area contributed by atoms with Crippen molar-refractivity contribution in [3.05, 3.63) is 163 Å². The van der Waals surface area contributed by atoms with Gasteiger partial charge in [0.25, 0.3) is 0 Å². The molecule has 0 aliphatic rings. The normalized spacial score (nSPS) is 12.0. The number of fused-ring (bicyclic) bond motifs is 11. The summed E-state index contributed by atoms with van der Waals surface area (Å²) in [5, 5.41) is 11.3. The summed E-state index contributed by atoms with van der Waals surface area (Å²) in [6.07, 6.45) is 0. The van der Waals surface area contributed by atoms with Gasteiger partial charge in [-0.15, -0.1) is 0 Å². The van der Waals surface area contributed by atoms with Crippen LogP contribution in [0.5, 0.6) is 0 Å². The summed E-state index contributed by atoms with van der Waals surface area (Å²) >= 11 is 0. The van der Waals surface area contributed by atoms with Gasteiger partial charge in [0.05, 0.1) is 22.1 Å². The highest BCUT2D eigenvalue weighted by molar-refractivity contribution is 6.26. The summed E-state index contributed by atoms with van der Waals surface area (Å²) < 4.78 is 9.09. The molecule has 0 spiro atoms. The molecule has 244 valence electrons. The molecule has 0 aliphatic heterocycles. The first kappa shape index (κ1) is 29.0. The minimum atomic E-state index is 0.572. The van der Waals surface area contributed by atoms with Gasteiger partial charge in [0.2, 0.25) is 11.7 Å². The highest BCUT2D eigenvalue weighted by Crippen LogP contribution is 2.45. The molecule has 0 amide bonds. The van der Waals surface area contributed by atoms with Crippen molar-refractivity contribution in [1.29, 1.82) is 0 Å². The van der Waals surface area contributed by atoms with Crippen molar-refractivity contribution in [1.82, 2.24) is 14.5 Å². The van der Waals surface area contributed by atoms with E-state index in [1.807, 2.05) is 0 Å². The lowest BCUT2D eigenvalue weighted by Gasteiger charge is -2.17. The van der Waals surface area contributed by atoms with E-state index >= 15 is 0 Å². The quantitative estimate of drug-likeness (QED) is 0.189. The average Bonchev–Trinajstić information content (AvgIpc) is 3.75. The van der Waals surface area contributed by atoms with Crippen molar-refractivity contribution in [2.75, 3.05) is 0 Å². The lowest BCUT2D eigenvalue weighted by molar-refractivity contribution is 0.655. The molecule has 0 N–H and O–H groups in total. The fourth-order valence-electron chi connectivity index (χ4n) is 8.55. The van der Waals surface area contributed by atoms with Gasteiger partial charge in [-0.3, -0.25) is 4.57 Å². The molecule has 3 heterocycles. The van der Waals surface area contributed by atoms with Gasteiger partial charge in [0, 0.05) is 27.1 Å². The number of nitrogens with zero attached hydrogens (tertiary/aromatic N) is 3. The molecule has 3 aromatic heterocycles. The van der Waals surface area contributed by atoms with Gasteiger partial charge in [0.1, 0.15) is 5.58 Å². The fourth-order valence-corrected chi connectivity index (χ4v) is 8.55. The van der Waals surface area contributed by atoms with Crippen molar-refractivity contribution >= 4 is 76.2 Å². The number of aromatic nitrogens is 3. The number of furan rings is 1. The second kappa shape index (κ2) is 10.9. The summed E-state index contributed by atoms with van der Waals surface area (Å²) in [6.45, 7) is 4.45. The van der Waals surface area contributed by atoms with Crippen LogP contribution in [0.15, 0.2) is 156 Å². The molecule has 0 bridgehead atoms. The number of rotatable bonds is 3. The lowest BCUT2D eigenvalue weighted by atomic mass is 9.89. The molecule has 0 atom stereocenters. The zero-order chi connectivity index (χ0) is 34.5. The average molecular weight is 666 g/mol. The van der Waals surface area contributed by atoms with Crippen LogP contribution in [0.3, 0.4) is 0 Å². The predicted octanol–water partition coefficient (Wildman–Crippen LogP) is 12.9. The summed E-state index contributed by atoms with van der Waals surface area (Å²) in [7, 11) is 0. The van der Waals surface area contributed by atoms with Gasteiger partial charge in [-0.2, -0.15) is 4.98 Å². The van der Waals surface area contributed by atoms with E-state index in [4.69, 9.17) is 14.4 Å². The first-order valence-corrected chi connectivity index (χ1v) is 17.8. The Morgan fingerprint density at radius 2 is 1.19 bits per heavy atom. The van der Waals surface area contributed by atoms with Gasteiger partial charge >= 0.3 is 0 Å². The topological polar surface area (TPSA) is 43.9 Å². The van der Waals surface area contributed by atoms with Crippen LogP contribution in [0.25, 0.3) is 105 Å². The number of hydrogen-bond donors (Lipinski definition) is 0. The van der Waals surface area contributed by atoms with Crippen LogP contribution in [0.2, 0.25) is 0 Å². The number of hydrogen-bond acceptors (Lipinski definition) is 3.